The first kappa shape index (κ1) is 8.48. The molecule has 12 heavy (non-hydrogen) atoms. The van der Waals surface area contributed by atoms with Crippen molar-refractivity contribution >= 4 is 0 Å². The minimum atomic E-state index is -0.409. The Morgan fingerprint density at radius 3 is 2.67 bits per heavy atom. The van der Waals surface area contributed by atoms with Crippen molar-refractivity contribution in [3.63, 3.8) is 0 Å². The van der Waals surface area contributed by atoms with Gasteiger partial charge in [-0.05, 0) is 32.1 Å². The van der Waals surface area contributed by atoms with Crippen molar-refractivity contribution in [1.82, 2.24) is 0 Å². The number of rotatable bonds is 2. The monoisotopic (exact) mass is 172 g/mol. The molecule has 0 aromatic carbocycles. The highest BCUT2D eigenvalue weighted by atomic mass is 16.7. The molecule has 1 saturated carbocycles. The molecule has 2 fully saturated rings. The lowest BCUT2D eigenvalue weighted by molar-refractivity contribution is -0.141. The summed E-state index contributed by atoms with van der Waals surface area (Å²) >= 11 is 0. The summed E-state index contributed by atoms with van der Waals surface area (Å²) in [4.78, 5) is 0. The van der Waals surface area contributed by atoms with E-state index in [1.54, 1.807) is 0 Å². The smallest absolute Gasteiger partial charge is 0.163 e. The molecule has 0 aromatic rings. The van der Waals surface area contributed by atoms with Gasteiger partial charge in [0, 0.05) is 6.61 Å². The Morgan fingerprint density at radius 1 is 1.50 bits per heavy atom. The predicted octanol–water partition coefficient (Wildman–Crippen LogP) is 0.766. The van der Waals surface area contributed by atoms with Gasteiger partial charge < -0.3 is 14.6 Å². The summed E-state index contributed by atoms with van der Waals surface area (Å²) in [7, 11) is 0. The van der Waals surface area contributed by atoms with Gasteiger partial charge in [0.15, 0.2) is 5.79 Å². The molecule has 0 radical (unpaired) electrons. The summed E-state index contributed by atoms with van der Waals surface area (Å²) in [6.07, 6.45) is 1.32. The van der Waals surface area contributed by atoms with Crippen LogP contribution in [0.2, 0.25) is 0 Å². The highest BCUT2D eigenvalue weighted by Crippen LogP contribution is 2.45. The van der Waals surface area contributed by atoms with Gasteiger partial charge in [-0.25, -0.2) is 0 Å². The molecule has 1 aliphatic heterocycles. The fourth-order valence-electron chi connectivity index (χ4n) is 1.86. The van der Waals surface area contributed by atoms with Gasteiger partial charge in [-0.1, -0.05) is 0 Å². The van der Waals surface area contributed by atoms with Gasteiger partial charge in [0.25, 0.3) is 0 Å². The van der Waals surface area contributed by atoms with Crippen molar-refractivity contribution in [1.29, 1.82) is 0 Å². The van der Waals surface area contributed by atoms with E-state index in [1.165, 1.54) is 0 Å². The van der Waals surface area contributed by atoms with Crippen LogP contribution < -0.4 is 0 Å². The average Bonchev–Trinajstić information content (AvgIpc) is 2.70. The van der Waals surface area contributed by atoms with Crippen LogP contribution in [0.25, 0.3) is 0 Å². The van der Waals surface area contributed by atoms with Crippen molar-refractivity contribution < 1.29 is 14.6 Å². The number of hydrogen-bond acceptors (Lipinski definition) is 3. The second-order valence-corrected chi connectivity index (χ2v) is 4.21. The van der Waals surface area contributed by atoms with Gasteiger partial charge in [-0.3, -0.25) is 0 Å². The highest BCUT2D eigenvalue weighted by Gasteiger charge is 2.48. The minimum absolute atomic E-state index is 0.220. The summed E-state index contributed by atoms with van der Waals surface area (Å²) in [6.45, 7) is 4.85. The van der Waals surface area contributed by atoms with Gasteiger partial charge in [-0.2, -0.15) is 0 Å². The maximum Gasteiger partial charge on any atom is 0.163 e. The molecule has 1 unspecified atom stereocenters. The van der Waals surface area contributed by atoms with Gasteiger partial charge in [-0.15, -0.1) is 0 Å². The SMILES string of the molecule is CC1(C)OCC([C@H]2C[C@@H]2CO)O1. The van der Waals surface area contributed by atoms with Crippen LogP contribution in [-0.2, 0) is 9.47 Å². The molecule has 1 aliphatic carbocycles. The Labute approximate surface area is 72.7 Å². The van der Waals surface area contributed by atoms with E-state index >= 15 is 0 Å². The molecule has 0 amide bonds. The van der Waals surface area contributed by atoms with Crippen molar-refractivity contribution in [2.75, 3.05) is 13.2 Å². The summed E-state index contributed by atoms with van der Waals surface area (Å²) in [5.41, 5.74) is 0. The van der Waals surface area contributed by atoms with Gasteiger partial charge in [0.2, 0.25) is 0 Å². The quantitative estimate of drug-likeness (QED) is 0.668. The van der Waals surface area contributed by atoms with E-state index in [4.69, 9.17) is 14.6 Å². The molecule has 0 bridgehead atoms. The summed E-state index contributed by atoms with van der Waals surface area (Å²) < 4.78 is 11.1. The lowest BCUT2D eigenvalue weighted by atomic mass is 10.2. The molecular formula is C9H16O3. The Bertz CT molecular complexity index is 179. The molecule has 0 spiro atoms. The zero-order chi connectivity index (χ0) is 8.77. The third kappa shape index (κ3) is 1.49. The second-order valence-electron chi connectivity index (χ2n) is 4.21. The van der Waals surface area contributed by atoms with Gasteiger partial charge in [0.1, 0.15) is 0 Å². The van der Waals surface area contributed by atoms with Gasteiger partial charge >= 0.3 is 0 Å². The third-order valence-corrected chi connectivity index (χ3v) is 2.72. The Morgan fingerprint density at radius 2 is 2.25 bits per heavy atom. The number of hydrogen-bond donors (Lipinski definition) is 1. The summed E-state index contributed by atoms with van der Waals surface area (Å²) in [5, 5.41) is 8.87. The predicted molar refractivity (Wildman–Crippen MR) is 43.6 cm³/mol. The number of ether oxygens (including phenoxy) is 2. The molecule has 1 N–H and O–H groups in total. The largest absolute Gasteiger partial charge is 0.396 e. The molecular weight excluding hydrogens is 156 g/mol. The number of aliphatic hydroxyl groups is 1. The van der Waals surface area contributed by atoms with Crippen LogP contribution in [0.1, 0.15) is 20.3 Å². The maximum atomic E-state index is 8.87. The lowest BCUT2D eigenvalue weighted by Crippen LogP contribution is -2.22. The standard InChI is InChI=1S/C9H16O3/c1-9(2)11-5-8(12-9)7-3-6(7)4-10/h6-8,10H,3-5H2,1-2H3/t6-,7+,8?/m1/s1. The van der Waals surface area contributed by atoms with Crippen molar-refractivity contribution in [2.24, 2.45) is 11.8 Å². The van der Waals surface area contributed by atoms with Crippen molar-refractivity contribution in [3.05, 3.63) is 0 Å². The Hall–Kier alpha value is -0.120. The second kappa shape index (κ2) is 2.69. The maximum absolute atomic E-state index is 8.87. The van der Waals surface area contributed by atoms with E-state index in [2.05, 4.69) is 0 Å². The van der Waals surface area contributed by atoms with E-state index < -0.39 is 5.79 Å². The van der Waals surface area contributed by atoms with E-state index in [9.17, 15) is 0 Å². The highest BCUT2D eigenvalue weighted by molar-refractivity contribution is 4.94. The lowest BCUT2D eigenvalue weighted by Gasteiger charge is -2.16. The van der Waals surface area contributed by atoms with Crippen LogP contribution in [0.4, 0.5) is 0 Å². The van der Waals surface area contributed by atoms with Crippen molar-refractivity contribution in [2.45, 2.75) is 32.2 Å². The molecule has 2 aliphatic rings. The van der Waals surface area contributed by atoms with Crippen LogP contribution in [0.5, 0.6) is 0 Å². The molecule has 1 heterocycles. The first-order valence-electron chi connectivity index (χ1n) is 4.55. The first-order chi connectivity index (χ1) is 5.62. The minimum Gasteiger partial charge on any atom is -0.396 e. The van der Waals surface area contributed by atoms with Crippen LogP contribution in [0, 0.1) is 11.8 Å². The normalized spacial score (nSPS) is 44.8. The van der Waals surface area contributed by atoms with Crippen LogP contribution in [0.15, 0.2) is 0 Å². The van der Waals surface area contributed by atoms with E-state index in [0.717, 1.165) is 6.42 Å². The summed E-state index contributed by atoms with van der Waals surface area (Å²) in [6, 6.07) is 0. The van der Waals surface area contributed by atoms with Crippen LogP contribution >= 0.6 is 0 Å². The number of aliphatic hydroxyl groups excluding tert-OH is 1. The molecule has 2 rings (SSSR count). The third-order valence-electron chi connectivity index (χ3n) is 2.72. The molecule has 0 aromatic heterocycles. The zero-order valence-electron chi connectivity index (χ0n) is 7.62. The van der Waals surface area contributed by atoms with E-state index in [0.29, 0.717) is 25.0 Å². The van der Waals surface area contributed by atoms with E-state index in [-0.39, 0.29) is 6.10 Å². The zero-order valence-corrected chi connectivity index (χ0v) is 7.62. The molecule has 3 atom stereocenters. The molecule has 3 nitrogen and oxygen atoms in total. The molecule has 1 saturated heterocycles. The average molecular weight is 172 g/mol. The van der Waals surface area contributed by atoms with Gasteiger partial charge in [0.05, 0.1) is 12.7 Å². The molecule has 3 heteroatoms. The van der Waals surface area contributed by atoms with E-state index in [1.807, 2.05) is 13.8 Å². The van der Waals surface area contributed by atoms with Crippen molar-refractivity contribution in [3.8, 4) is 0 Å². The fraction of sp³-hybridized carbons (Fsp3) is 1.00. The summed E-state index contributed by atoms with van der Waals surface area (Å²) in [5.74, 6) is 0.594. The topological polar surface area (TPSA) is 38.7 Å². The Kier molecular flexibility index (Phi) is 1.90. The first-order valence-corrected chi connectivity index (χ1v) is 4.55. The fourth-order valence-corrected chi connectivity index (χ4v) is 1.86. The Balaban J connectivity index is 1.85. The van der Waals surface area contributed by atoms with Crippen LogP contribution in [-0.4, -0.2) is 30.2 Å². The molecule has 70 valence electrons. The van der Waals surface area contributed by atoms with Crippen LogP contribution in [0.3, 0.4) is 0 Å².